The Morgan fingerprint density at radius 3 is 2.80 bits per heavy atom. The molecule has 1 rings (SSSR count). The van der Waals surface area contributed by atoms with E-state index < -0.39 is 0 Å². The first kappa shape index (κ1) is 11.1. The fourth-order valence-electron chi connectivity index (χ4n) is 1.10. The van der Waals surface area contributed by atoms with Crippen LogP contribution in [0.4, 0.5) is 5.69 Å². The maximum absolute atomic E-state index is 5.63. The lowest BCUT2D eigenvalue weighted by Crippen LogP contribution is -1.99. The predicted molar refractivity (Wildman–Crippen MR) is 64.8 cm³/mol. The molecule has 0 aliphatic heterocycles. The van der Waals surface area contributed by atoms with Crippen molar-refractivity contribution in [1.82, 2.24) is 0 Å². The van der Waals surface area contributed by atoms with Crippen LogP contribution in [-0.4, -0.2) is 6.61 Å². The molecule has 0 atom stereocenters. The number of nitrogens with two attached hydrogens (primary N) is 1. The highest BCUT2D eigenvalue weighted by atomic mass is 16.5. The summed E-state index contributed by atoms with van der Waals surface area (Å²) in [5, 5.41) is 0. The molecular formula is C13H15NO. The summed E-state index contributed by atoms with van der Waals surface area (Å²) in [4.78, 5) is 0. The van der Waals surface area contributed by atoms with Crippen LogP contribution in [0.5, 0.6) is 5.75 Å². The zero-order valence-electron chi connectivity index (χ0n) is 8.65. The standard InChI is InChI=1S/C13H15NO/c1-3-6-11(4-2)10-15-13-8-5-7-12(14)9-13/h3-9H,1-2,10,14H2/b11-6+. The minimum Gasteiger partial charge on any atom is -0.489 e. The second-order valence-electron chi connectivity index (χ2n) is 3.04. The van der Waals surface area contributed by atoms with E-state index >= 15 is 0 Å². The number of benzene rings is 1. The Kier molecular flexibility index (Phi) is 4.23. The fraction of sp³-hybridized carbons (Fsp3) is 0.0769. The predicted octanol–water partition coefficient (Wildman–Crippen LogP) is 2.95. The molecule has 0 saturated heterocycles. The van der Waals surface area contributed by atoms with E-state index in [1.165, 1.54) is 0 Å². The summed E-state index contributed by atoms with van der Waals surface area (Å²) in [5.74, 6) is 0.756. The minimum atomic E-state index is 0.471. The smallest absolute Gasteiger partial charge is 0.121 e. The van der Waals surface area contributed by atoms with Crippen LogP contribution in [-0.2, 0) is 0 Å². The van der Waals surface area contributed by atoms with E-state index in [-0.39, 0.29) is 0 Å². The van der Waals surface area contributed by atoms with Crippen molar-refractivity contribution >= 4 is 5.69 Å². The summed E-state index contributed by atoms with van der Waals surface area (Å²) in [6, 6.07) is 7.33. The van der Waals surface area contributed by atoms with E-state index in [0.29, 0.717) is 12.3 Å². The first-order valence-corrected chi connectivity index (χ1v) is 4.68. The molecule has 0 saturated carbocycles. The Morgan fingerprint density at radius 1 is 1.40 bits per heavy atom. The maximum Gasteiger partial charge on any atom is 0.121 e. The molecule has 1 aromatic carbocycles. The van der Waals surface area contributed by atoms with Crippen molar-refractivity contribution in [2.75, 3.05) is 12.3 Å². The molecule has 2 heteroatoms. The summed E-state index contributed by atoms with van der Waals surface area (Å²) in [7, 11) is 0. The number of nitrogen functional groups attached to an aromatic ring is 1. The second-order valence-corrected chi connectivity index (χ2v) is 3.04. The van der Waals surface area contributed by atoms with Crippen LogP contribution in [0.2, 0.25) is 0 Å². The average molecular weight is 201 g/mol. The molecule has 0 heterocycles. The van der Waals surface area contributed by atoms with Gasteiger partial charge in [-0.3, -0.25) is 0 Å². The van der Waals surface area contributed by atoms with Gasteiger partial charge >= 0.3 is 0 Å². The Hall–Kier alpha value is -1.96. The number of anilines is 1. The summed E-state index contributed by atoms with van der Waals surface area (Å²) < 4.78 is 5.53. The third-order valence-electron chi connectivity index (χ3n) is 1.86. The largest absolute Gasteiger partial charge is 0.489 e. The van der Waals surface area contributed by atoms with Gasteiger partial charge in [-0.2, -0.15) is 0 Å². The molecule has 2 nitrogen and oxygen atoms in total. The number of allylic oxidation sites excluding steroid dienone is 2. The van der Waals surface area contributed by atoms with Crippen molar-refractivity contribution in [3.05, 3.63) is 61.2 Å². The molecule has 78 valence electrons. The molecule has 0 unspecified atom stereocenters. The monoisotopic (exact) mass is 201 g/mol. The lowest BCUT2D eigenvalue weighted by Gasteiger charge is -2.06. The summed E-state index contributed by atoms with van der Waals surface area (Å²) in [5.41, 5.74) is 7.30. The van der Waals surface area contributed by atoms with Crippen LogP contribution < -0.4 is 10.5 Å². The van der Waals surface area contributed by atoms with Crippen LogP contribution in [0.25, 0.3) is 0 Å². The van der Waals surface area contributed by atoms with Crippen LogP contribution in [0, 0.1) is 0 Å². The zero-order valence-corrected chi connectivity index (χ0v) is 8.65. The highest BCUT2D eigenvalue weighted by Gasteiger charge is 1.95. The van der Waals surface area contributed by atoms with Crippen molar-refractivity contribution < 1.29 is 4.74 Å². The van der Waals surface area contributed by atoms with Gasteiger partial charge in [-0.15, -0.1) is 0 Å². The molecule has 0 fully saturated rings. The number of ether oxygens (including phenoxy) is 1. The third-order valence-corrected chi connectivity index (χ3v) is 1.86. The number of hydrogen-bond acceptors (Lipinski definition) is 2. The Labute approximate surface area is 90.4 Å². The van der Waals surface area contributed by atoms with Gasteiger partial charge < -0.3 is 10.5 Å². The highest BCUT2D eigenvalue weighted by Crippen LogP contribution is 2.15. The molecule has 0 aliphatic rings. The van der Waals surface area contributed by atoms with Crippen molar-refractivity contribution in [2.24, 2.45) is 0 Å². The number of hydrogen-bond donors (Lipinski definition) is 1. The fourth-order valence-corrected chi connectivity index (χ4v) is 1.10. The van der Waals surface area contributed by atoms with Gasteiger partial charge in [0.2, 0.25) is 0 Å². The molecule has 0 radical (unpaired) electrons. The maximum atomic E-state index is 5.63. The third kappa shape index (κ3) is 3.73. The molecule has 0 aliphatic carbocycles. The molecule has 15 heavy (non-hydrogen) atoms. The highest BCUT2D eigenvalue weighted by molar-refractivity contribution is 5.43. The van der Waals surface area contributed by atoms with E-state index in [0.717, 1.165) is 11.3 Å². The molecule has 0 aromatic heterocycles. The lowest BCUT2D eigenvalue weighted by molar-refractivity contribution is 0.356. The Morgan fingerprint density at radius 2 is 2.20 bits per heavy atom. The van der Waals surface area contributed by atoms with Gasteiger partial charge in [-0.25, -0.2) is 0 Å². The van der Waals surface area contributed by atoms with Crippen LogP contribution in [0.3, 0.4) is 0 Å². The van der Waals surface area contributed by atoms with Crippen molar-refractivity contribution in [3.8, 4) is 5.75 Å². The van der Waals surface area contributed by atoms with Gasteiger partial charge in [0.05, 0.1) is 0 Å². The van der Waals surface area contributed by atoms with Crippen molar-refractivity contribution in [3.63, 3.8) is 0 Å². The van der Waals surface area contributed by atoms with E-state index in [1.807, 2.05) is 24.3 Å². The second kappa shape index (κ2) is 5.70. The quantitative estimate of drug-likeness (QED) is 0.587. The number of rotatable bonds is 5. The van der Waals surface area contributed by atoms with Crippen molar-refractivity contribution in [2.45, 2.75) is 0 Å². The van der Waals surface area contributed by atoms with Gasteiger partial charge in [0.25, 0.3) is 0 Å². The van der Waals surface area contributed by atoms with E-state index in [1.54, 1.807) is 18.2 Å². The van der Waals surface area contributed by atoms with E-state index in [2.05, 4.69) is 13.2 Å². The Bertz CT molecular complexity index is 380. The molecule has 0 spiro atoms. The zero-order chi connectivity index (χ0) is 11.1. The molecule has 1 aromatic rings. The average Bonchev–Trinajstić information content (AvgIpc) is 2.24. The molecule has 2 N–H and O–H groups in total. The molecule has 0 bridgehead atoms. The first-order valence-electron chi connectivity index (χ1n) is 4.68. The van der Waals surface area contributed by atoms with E-state index in [9.17, 15) is 0 Å². The van der Waals surface area contributed by atoms with Gasteiger partial charge in [-0.05, 0) is 17.7 Å². The normalized spacial score (nSPS) is 10.8. The van der Waals surface area contributed by atoms with Crippen LogP contribution in [0.1, 0.15) is 0 Å². The van der Waals surface area contributed by atoms with Crippen LogP contribution >= 0.6 is 0 Å². The van der Waals surface area contributed by atoms with Gasteiger partial charge in [0.15, 0.2) is 0 Å². The summed E-state index contributed by atoms with van der Waals surface area (Å²) >= 11 is 0. The van der Waals surface area contributed by atoms with Gasteiger partial charge in [-0.1, -0.05) is 37.5 Å². The molecule has 0 amide bonds. The van der Waals surface area contributed by atoms with Gasteiger partial charge in [0, 0.05) is 11.8 Å². The topological polar surface area (TPSA) is 35.2 Å². The first-order chi connectivity index (χ1) is 7.26. The Balaban J connectivity index is 2.60. The van der Waals surface area contributed by atoms with Crippen molar-refractivity contribution in [1.29, 1.82) is 0 Å². The molecular weight excluding hydrogens is 186 g/mol. The minimum absolute atomic E-state index is 0.471. The van der Waals surface area contributed by atoms with E-state index in [4.69, 9.17) is 10.5 Å². The van der Waals surface area contributed by atoms with Crippen LogP contribution in [0.15, 0.2) is 61.2 Å². The SMILES string of the molecule is C=C/C=C(\C=C)COc1cccc(N)c1. The van der Waals surface area contributed by atoms with Gasteiger partial charge in [0.1, 0.15) is 12.4 Å². The lowest BCUT2D eigenvalue weighted by atomic mass is 10.2. The summed E-state index contributed by atoms with van der Waals surface area (Å²) in [6.45, 7) is 7.78. The summed E-state index contributed by atoms with van der Waals surface area (Å²) in [6.07, 6.45) is 5.31.